The molecule has 2 N–H and O–H groups in total. The molecule has 0 bridgehead atoms. The highest BCUT2D eigenvalue weighted by molar-refractivity contribution is 5.92. The SMILES string of the molecule is COc1ncc(-c2ccc(N(C(=O)N[C@@H](C)c3ccccc3)C3CCC(NC(=O)OC(C)(C)C)CC3)nc2)cn1. The van der Waals surface area contributed by atoms with E-state index in [1.54, 1.807) is 23.5 Å². The Bertz CT molecular complexity index is 1250. The number of anilines is 1. The Morgan fingerprint density at radius 2 is 1.57 bits per heavy atom. The second-order valence-electron chi connectivity index (χ2n) is 11.0. The van der Waals surface area contributed by atoms with Gasteiger partial charge in [-0.3, -0.25) is 4.90 Å². The summed E-state index contributed by atoms with van der Waals surface area (Å²) in [5.74, 6) is 0.555. The average molecular weight is 547 g/mol. The number of amides is 3. The number of ether oxygens (including phenoxy) is 2. The number of aromatic nitrogens is 3. The predicted octanol–water partition coefficient (Wildman–Crippen LogP) is 5.66. The Hall–Kier alpha value is -4.21. The number of hydrogen-bond donors (Lipinski definition) is 2. The minimum absolute atomic E-state index is 0.00957. The van der Waals surface area contributed by atoms with Crippen LogP contribution in [0.1, 0.15) is 65.0 Å². The third kappa shape index (κ3) is 7.68. The van der Waals surface area contributed by atoms with Crippen molar-refractivity contribution < 1.29 is 19.1 Å². The fraction of sp³-hybridized carbons (Fsp3) is 0.433. The summed E-state index contributed by atoms with van der Waals surface area (Å²) in [6, 6.07) is 13.4. The summed E-state index contributed by atoms with van der Waals surface area (Å²) in [5.41, 5.74) is 2.09. The summed E-state index contributed by atoms with van der Waals surface area (Å²) in [4.78, 5) is 40.7. The highest BCUT2D eigenvalue weighted by Gasteiger charge is 2.32. The Morgan fingerprint density at radius 3 is 2.15 bits per heavy atom. The number of pyridine rings is 1. The zero-order chi connectivity index (χ0) is 28.7. The maximum atomic E-state index is 13.7. The van der Waals surface area contributed by atoms with E-state index in [1.165, 1.54) is 7.11 Å². The predicted molar refractivity (Wildman–Crippen MR) is 153 cm³/mol. The number of methoxy groups -OCH3 is 1. The Kier molecular flexibility index (Phi) is 9.19. The van der Waals surface area contributed by atoms with Crippen molar-refractivity contribution in [1.82, 2.24) is 25.6 Å². The molecule has 3 aromatic rings. The van der Waals surface area contributed by atoms with Crippen LogP contribution in [0.25, 0.3) is 11.1 Å². The highest BCUT2D eigenvalue weighted by atomic mass is 16.6. The second kappa shape index (κ2) is 12.8. The fourth-order valence-electron chi connectivity index (χ4n) is 4.76. The van der Waals surface area contributed by atoms with Crippen molar-refractivity contribution in [3.63, 3.8) is 0 Å². The smallest absolute Gasteiger partial charge is 0.407 e. The van der Waals surface area contributed by atoms with Crippen molar-refractivity contribution in [3.8, 4) is 17.1 Å². The molecule has 1 aliphatic carbocycles. The number of urea groups is 1. The van der Waals surface area contributed by atoms with Gasteiger partial charge in [0.1, 0.15) is 11.4 Å². The number of carbonyl (C=O) groups excluding carboxylic acids is 2. The van der Waals surface area contributed by atoms with Crippen molar-refractivity contribution in [2.24, 2.45) is 0 Å². The van der Waals surface area contributed by atoms with E-state index >= 15 is 0 Å². The quantitative estimate of drug-likeness (QED) is 0.392. The van der Waals surface area contributed by atoms with Crippen LogP contribution in [0, 0.1) is 0 Å². The normalized spacial score (nSPS) is 17.8. The molecule has 2 heterocycles. The molecule has 3 amide bonds. The first kappa shape index (κ1) is 28.8. The third-order valence-electron chi connectivity index (χ3n) is 6.78. The van der Waals surface area contributed by atoms with Gasteiger partial charge in [-0.1, -0.05) is 30.3 Å². The lowest BCUT2D eigenvalue weighted by Gasteiger charge is -2.37. The minimum atomic E-state index is -0.554. The van der Waals surface area contributed by atoms with Crippen molar-refractivity contribution in [2.45, 2.75) is 77.1 Å². The molecule has 10 heteroatoms. The number of rotatable bonds is 7. The van der Waals surface area contributed by atoms with E-state index < -0.39 is 11.7 Å². The summed E-state index contributed by atoms with van der Waals surface area (Å²) in [5, 5.41) is 6.12. The molecule has 0 radical (unpaired) electrons. The van der Waals surface area contributed by atoms with Crippen LogP contribution in [-0.4, -0.2) is 51.9 Å². The van der Waals surface area contributed by atoms with Crippen LogP contribution < -0.4 is 20.3 Å². The summed E-state index contributed by atoms with van der Waals surface area (Å²) in [6.07, 6.45) is 7.53. The van der Waals surface area contributed by atoms with E-state index in [0.29, 0.717) is 24.7 Å². The molecule has 10 nitrogen and oxygen atoms in total. The molecule has 1 atom stereocenters. The largest absolute Gasteiger partial charge is 0.467 e. The topological polar surface area (TPSA) is 119 Å². The summed E-state index contributed by atoms with van der Waals surface area (Å²) in [7, 11) is 1.52. The summed E-state index contributed by atoms with van der Waals surface area (Å²) in [6.45, 7) is 7.50. The molecule has 0 unspecified atom stereocenters. The van der Waals surface area contributed by atoms with Gasteiger partial charge in [-0.05, 0) is 71.1 Å². The second-order valence-corrected chi connectivity index (χ2v) is 11.0. The molecule has 0 saturated heterocycles. The van der Waals surface area contributed by atoms with Gasteiger partial charge in [-0.2, -0.15) is 0 Å². The van der Waals surface area contributed by atoms with Crippen molar-refractivity contribution in [2.75, 3.05) is 12.0 Å². The van der Waals surface area contributed by atoms with Gasteiger partial charge in [-0.25, -0.2) is 24.5 Å². The maximum Gasteiger partial charge on any atom is 0.407 e. The van der Waals surface area contributed by atoms with E-state index in [1.807, 2.05) is 70.2 Å². The van der Waals surface area contributed by atoms with Crippen LogP contribution in [0.3, 0.4) is 0 Å². The first-order valence-corrected chi connectivity index (χ1v) is 13.6. The number of carbonyl (C=O) groups is 2. The molecule has 2 aromatic heterocycles. The van der Waals surface area contributed by atoms with Gasteiger partial charge in [0.25, 0.3) is 0 Å². The number of hydrogen-bond acceptors (Lipinski definition) is 7. The zero-order valence-corrected chi connectivity index (χ0v) is 23.8. The average Bonchev–Trinajstić information content (AvgIpc) is 2.94. The van der Waals surface area contributed by atoms with Crippen LogP contribution in [0.5, 0.6) is 6.01 Å². The van der Waals surface area contributed by atoms with Crippen molar-refractivity contribution in [3.05, 3.63) is 66.6 Å². The van der Waals surface area contributed by atoms with Crippen LogP contribution in [-0.2, 0) is 4.74 Å². The maximum absolute atomic E-state index is 13.7. The van der Waals surface area contributed by atoms with Crippen LogP contribution in [0.2, 0.25) is 0 Å². The number of nitrogens with zero attached hydrogens (tertiary/aromatic N) is 4. The molecular weight excluding hydrogens is 508 g/mol. The van der Waals surface area contributed by atoms with Gasteiger partial charge in [0.2, 0.25) is 0 Å². The third-order valence-corrected chi connectivity index (χ3v) is 6.78. The fourth-order valence-corrected chi connectivity index (χ4v) is 4.76. The Morgan fingerprint density at radius 1 is 0.925 bits per heavy atom. The van der Waals surface area contributed by atoms with Gasteiger partial charge >= 0.3 is 18.1 Å². The molecule has 0 aliphatic heterocycles. The molecular formula is C30H38N6O4. The van der Waals surface area contributed by atoms with Crippen LogP contribution >= 0.6 is 0 Å². The highest BCUT2D eigenvalue weighted by Crippen LogP contribution is 2.29. The minimum Gasteiger partial charge on any atom is -0.467 e. The van der Waals surface area contributed by atoms with Gasteiger partial charge in [0, 0.05) is 41.8 Å². The molecule has 1 aromatic carbocycles. The zero-order valence-electron chi connectivity index (χ0n) is 23.8. The molecule has 4 rings (SSSR count). The summed E-state index contributed by atoms with van der Waals surface area (Å²) < 4.78 is 10.5. The van der Waals surface area contributed by atoms with E-state index in [-0.39, 0.29) is 24.2 Å². The van der Waals surface area contributed by atoms with E-state index in [2.05, 4.69) is 25.6 Å². The van der Waals surface area contributed by atoms with Gasteiger partial charge in [0.05, 0.1) is 13.2 Å². The number of alkyl carbamates (subject to hydrolysis) is 1. The van der Waals surface area contributed by atoms with Gasteiger partial charge < -0.3 is 20.1 Å². The monoisotopic (exact) mass is 546 g/mol. The van der Waals surface area contributed by atoms with Crippen LogP contribution in [0.15, 0.2) is 61.1 Å². The lowest BCUT2D eigenvalue weighted by atomic mass is 9.90. The van der Waals surface area contributed by atoms with Crippen LogP contribution in [0.4, 0.5) is 15.4 Å². The first-order chi connectivity index (χ1) is 19.1. The van der Waals surface area contributed by atoms with Gasteiger partial charge in [0.15, 0.2) is 0 Å². The molecule has 0 spiro atoms. The van der Waals surface area contributed by atoms with Crippen molar-refractivity contribution in [1.29, 1.82) is 0 Å². The Balaban J connectivity index is 1.50. The van der Waals surface area contributed by atoms with Crippen molar-refractivity contribution >= 4 is 17.9 Å². The molecule has 212 valence electrons. The molecule has 1 saturated carbocycles. The lowest BCUT2D eigenvalue weighted by molar-refractivity contribution is 0.0491. The number of benzene rings is 1. The first-order valence-electron chi connectivity index (χ1n) is 13.6. The summed E-state index contributed by atoms with van der Waals surface area (Å²) >= 11 is 0. The molecule has 40 heavy (non-hydrogen) atoms. The number of nitrogens with one attached hydrogen (secondary N) is 2. The standard InChI is InChI=1S/C30H38N6O4/c1-20(21-9-7-6-8-10-21)34-28(37)36(25-14-12-24(13-15-25)35-29(38)40-30(2,3)4)26-16-11-22(17-31-26)23-18-32-27(39-5)33-19-23/h6-11,16-20,24-25H,12-15H2,1-5H3,(H,34,37)(H,35,38)/t20-,24?,25?/m0/s1. The van der Waals surface area contributed by atoms with Gasteiger partial charge in [-0.15, -0.1) is 0 Å². The lowest BCUT2D eigenvalue weighted by Crippen LogP contribution is -2.51. The van der Waals surface area contributed by atoms with E-state index in [9.17, 15) is 9.59 Å². The molecule has 1 fully saturated rings. The van der Waals surface area contributed by atoms with E-state index in [0.717, 1.165) is 29.5 Å². The molecule has 1 aliphatic rings. The van der Waals surface area contributed by atoms with E-state index in [4.69, 9.17) is 9.47 Å². The Labute approximate surface area is 235 Å².